The smallest absolute Gasteiger partial charge is 0.378 e. The number of nitrogens with zero attached hydrogens (tertiary/aromatic N) is 3. The molecule has 5 rings (SSSR count). The normalized spacial score (nSPS) is 24.1. The molecule has 43 heavy (non-hydrogen) atoms. The Morgan fingerprint density at radius 2 is 1.74 bits per heavy atom. The largest absolute Gasteiger partial charge is 0.421 e. The molecule has 0 bridgehead atoms. The van der Waals surface area contributed by atoms with Crippen molar-refractivity contribution in [1.29, 1.82) is 0 Å². The molecule has 0 spiro atoms. The number of halogens is 4. The second kappa shape index (κ2) is 12.4. The van der Waals surface area contributed by atoms with Gasteiger partial charge in [0.2, 0.25) is 10.0 Å². The van der Waals surface area contributed by atoms with Crippen LogP contribution in [0, 0.1) is 5.82 Å². The third kappa shape index (κ3) is 6.57. The molecule has 2 fully saturated rings. The monoisotopic (exact) mass is 639 g/mol. The third-order valence-corrected chi connectivity index (χ3v) is 10.7. The second-order valence-electron chi connectivity index (χ2n) is 11.1. The Balaban J connectivity index is 1.46. The molecule has 1 N–H and O–H groups in total. The highest BCUT2D eigenvalue weighted by Crippen LogP contribution is 2.39. The predicted molar refractivity (Wildman–Crippen MR) is 160 cm³/mol. The zero-order chi connectivity index (χ0) is 31.0. The lowest BCUT2D eigenvalue weighted by atomic mass is 9.95. The van der Waals surface area contributed by atoms with Gasteiger partial charge in [0, 0.05) is 49.7 Å². The average molecular weight is 640 g/mol. The van der Waals surface area contributed by atoms with Gasteiger partial charge in [-0.05, 0) is 48.4 Å². The summed E-state index contributed by atoms with van der Waals surface area (Å²) in [5.41, 5.74) is -1.85. The van der Waals surface area contributed by atoms with Crippen LogP contribution in [0.15, 0.2) is 71.7 Å². The first-order chi connectivity index (χ1) is 20.3. The molecule has 2 saturated heterocycles. The molecule has 1 aliphatic carbocycles. The summed E-state index contributed by atoms with van der Waals surface area (Å²) < 4.78 is 88.6. The molecule has 3 aliphatic rings. The van der Waals surface area contributed by atoms with Gasteiger partial charge in [-0.15, -0.1) is 0 Å². The number of sulfonamides is 1. The van der Waals surface area contributed by atoms with Gasteiger partial charge in [-0.2, -0.15) is 17.5 Å². The van der Waals surface area contributed by atoms with E-state index in [9.17, 15) is 31.1 Å². The van der Waals surface area contributed by atoms with Crippen LogP contribution < -0.4 is 4.90 Å². The molecule has 2 aliphatic heterocycles. The van der Waals surface area contributed by atoms with Crippen molar-refractivity contribution in [2.75, 3.05) is 50.8 Å². The fraction of sp³-hybridized carbons (Fsp3) is 0.433. The number of ether oxygens (including phenoxy) is 1. The Labute approximate surface area is 254 Å². The maximum Gasteiger partial charge on any atom is 0.421 e. The summed E-state index contributed by atoms with van der Waals surface area (Å²) in [6.07, 6.45) is 0.502. The molecule has 13 heteroatoms. The van der Waals surface area contributed by atoms with E-state index in [0.717, 1.165) is 5.56 Å². The number of anilines is 1. The van der Waals surface area contributed by atoms with Crippen molar-refractivity contribution in [3.05, 3.63) is 88.6 Å². The minimum atomic E-state index is -4.85. The molecule has 0 amide bonds. The fourth-order valence-corrected chi connectivity index (χ4v) is 7.76. The first-order valence-electron chi connectivity index (χ1n) is 13.9. The van der Waals surface area contributed by atoms with Crippen LogP contribution in [0.1, 0.15) is 30.5 Å². The minimum Gasteiger partial charge on any atom is -0.378 e. The van der Waals surface area contributed by atoms with Crippen LogP contribution in [0.2, 0.25) is 0 Å². The van der Waals surface area contributed by atoms with Crippen LogP contribution >= 0.6 is 12.2 Å². The predicted octanol–water partition coefficient (Wildman–Crippen LogP) is 4.70. The minimum absolute atomic E-state index is 0.103. The summed E-state index contributed by atoms with van der Waals surface area (Å²) in [7, 11) is -3.89. The molecular formula is C30H33F4N3O4S2. The maximum absolute atomic E-state index is 13.7. The quantitative estimate of drug-likeness (QED) is 0.348. The van der Waals surface area contributed by atoms with Crippen molar-refractivity contribution < 1.29 is 35.8 Å². The first-order valence-corrected chi connectivity index (χ1v) is 15.8. The van der Waals surface area contributed by atoms with E-state index >= 15 is 0 Å². The molecular weight excluding hydrogens is 606 g/mol. The summed E-state index contributed by atoms with van der Waals surface area (Å²) >= 11 is 5.37. The number of hydrogen-bond acceptors (Lipinski definition) is 7. The van der Waals surface area contributed by atoms with Crippen molar-refractivity contribution in [3.63, 3.8) is 0 Å². The van der Waals surface area contributed by atoms with E-state index in [0.29, 0.717) is 50.2 Å². The molecule has 0 saturated carbocycles. The fourth-order valence-electron chi connectivity index (χ4n) is 5.69. The molecule has 7 nitrogen and oxygen atoms in total. The number of hydrogen-bond donors (Lipinski definition) is 1. The van der Waals surface area contributed by atoms with Gasteiger partial charge in [-0.1, -0.05) is 48.6 Å². The lowest BCUT2D eigenvalue weighted by Gasteiger charge is -2.46. The van der Waals surface area contributed by atoms with Gasteiger partial charge in [-0.25, -0.2) is 12.8 Å². The molecule has 1 unspecified atom stereocenters. The van der Waals surface area contributed by atoms with E-state index in [-0.39, 0.29) is 42.0 Å². The Morgan fingerprint density at radius 3 is 2.40 bits per heavy atom. The topological polar surface area (TPSA) is 73.3 Å². The van der Waals surface area contributed by atoms with E-state index in [1.165, 1.54) is 46.8 Å². The molecule has 3 atom stereocenters. The summed E-state index contributed by atoms with van der Waals surface area (Å²) in [6, 6.07) is 11.1. The number of thiocarbonyl (C=S) groups is 1. The van der Waals surface area contributed by atoms with Crippen LogP contribution in [0.3, 0.4) is 0 Å². The Morgan fingerprint density at radius 1 is 1.05 bits per heavy atom. The molecule has 2 aromatic rings. The molecule has 2 heterocycles. The molecule has 232 valence electrons. The summed E-state index contributed by atoms with van der Waals surface area (Å²) in [4.78, 5) is 4.61. The summed E-state index contributed by atoms with van der Waals surface area (Å²) in [5.74, 6) is -0.357. The number of piperazine rings is 1. The number of benzene rings is 2. The van der Waals surface area contributed by atoms with Crippen LogP contribution in [-0.2, 0) is 20.4 Å². The Bertz CT molecular complexity index is 1490. The zero-order valence-electron chi connectivity index (χ0n) is 23.5. The standard InChI is InChI=1S/C30H33F4N3O4S2/c1-29(38,30(32,33)34)22-8-12-24(13-9-22)37-15-14-36(43(39,40)28-5-3-2-4-27(28)42)19-25(37)18-35-16-17-41-20-26(35)21-6-10-23(31)11-7-21/h2-3,5-13,25-26,38H,4,14-20H2,1H3/t25-,26+,29?/m0/s1. The highest BCUT2D eigenvalue weighted by Gasteiger charge is 2.51. The summed E-state index contributed by atoms with van der Waals surface area (Å²) in [5, 5.41) is 10.1. The number of rotatable bonds is 7. The lowest BCUT2D eigenvalue weighted by Crippen LogP contribution is -2.59. The SMILES string of the molecule is CC(O)(c1ccc(N2CCN(S(=O)(=O)C3=CC=CCC3=S)C[C@@H]2CN2CCOC[C@@H]2c2ccc(F)cc2)cc1)C(F)(F)F. The highest BCUT2D eigenvalue weighted by atomic mass is 32.2. The van der Waals surface area contributed by atoms with Crippen molar-refractivity contribution in [1.82, 2.24) is 9.21 Å². The van der Waals surface area contributed by atoms with Crippen LogP contribution in [-0.4, -0.2) is 85.7 Å². The van der Waals surface area contributed by atoms with Gasteiger partial charge in [0.1, 0.15) is 5.82 Å². The molecule has 0 radical (unpaired) electrons. The average Bonchev–Trinajstić information content (AvgIpc) is 2.97. The van der Waals surface area contributed by atoms with E-state index in [4.69, 9.17) is 17.0 Å². The van der Waals surface area contributed by atoms with Gasteiger partial charge < -0.3 is 14.7 Å². The van der Waals surface area contributed by atoms with Gasteiger partial charge >= 0.3 is 6.18 Å². The van der Waals surface area contributed by atoms with Crippen LogP contribution in [0.25, 0.3) is 0 Å². The number of morpholine rings is 1. The van der Waals surface area contributed by atoms with Gasteiger partial charge in [0.05, 0.1) is 30.2 Å². The van der Waals surface area contributed by atoms with Crippen LogP contribution in [0.4, 0.5) is 23.2 Å². The van der Waals surface area contributed by atoms with Gasteiger partial charge in [0.15, 0.2) is 5.60 Å². The highest BCUT2D eigenvalue weighted by molar-refractivity contribution is 7.96. The second-order valence-corrected chi connectivity index (χ2v) is 13.4. The first kappa shape index (κ1) is 31.7. The Kier molecular flexibility index (Phi) is 9.13. The summed E-state index contributed by atoms with van der Waals surface area (Å²) in [6.45, 7) is 3.03. The van der Waals surface area contributed by atoms with E-state index in [2.05, 4.69) is 4.90 Å². The van der Waals surface area contributed by atoms with Crippen molar-refractivity contribution in [3.8, 4) is 0 Å². The van der Waals surface area contributed by atoms with E-state index < -0.39 is 27.8 Å². The molecule has 0 aromatic heterocycles. The number of allylic oxidation sites excluding steroid dienone is 4. The number of alkyl halides is 3. The third-order valence-electron chi connectivity index (χ3n) is 8.28. The Hall–Kier alpha value is -2.68. The van der Waals surface area contributed by atoms with Gasteiger partial charge in [0.25, 0.3) is 0 Å². The van der Waals surface area contributed by atoms with Crippen molar-refractivity contribution in [2.45, 2.75) is 37.2 Å². The maximum atomic E-state index is 13.7. The van der Waals surface area contributed by atoms with Gasteiger partial charge in [-0.3, -0.25) is 4.90 Å². The molecule has 2 aromatic carbocycles. The van der Waals surface area contributed by atoms with E-state index in [1.54, 1.807) is 24.3 Å². The van der Waals surface area contributed by atoms with Crippen molar-refractivity contribution >= 4 is 32.8 Å². The zero-order valence-corrected chi connectivity index (χ0v) is 25.1. The van der Waals surface area contributed by atoms with E-state index in [1.807, 2.05) is 4.90 Å². The van der Waals surface area contributed by atoms with Crippen molar-refractivity contribution in [2.24, 2.45) is 0 Å². The number of aliphatic hydroxyl groups is 1. The van der Waals surface area contributed by atoms with Crippen LogP contribution in [0.5, 0.6) is 0 Å². The lowest BCUT2D eigenvalue weighted by molar-refractivity contribution is -0.258.